The highest BCUT2D eigenvalue weighted by Gasteiger charge is 2.32. The molecule has 4 rings (SSSR count). The van der Waals surface area contributed by atoms with Crippen LogP contribution in [0.3, 0.4) is 0 Å². The van der Waals surface area contributed by atoms with Crippen molar-refractivity contribution >= 4 is 33.2 Å². The van der Waals surface area contributed by atoms with E-state index in [1.165, 1.54) is 40.7 Å². The molecule has 0 aromatic heterocycles. The summed E-state index contributed by atoms with van der Waals surface area (Å²) >= 11 is 0. The first-order chi connectivity index (χ1) is 17.6. The third-order valence-electron chi connectivity index (χ3n) is 6.14. The van der Waals surface area contributed by atoms with Crippen LogP contribution in [0.5, 0.6) is 5.75 Å². The maximum Gasteiger partial charge on any atom is 0.268 e. The van der Waals surface area contributed by atoms with Crippen LogP contribution in [0.2, 0.25) is 0 Å². The summed E-state index contributed by atoms with van der Waals surface area (Å²) in [6.07, 6.45) is -0.695. The highest BCUT2D eigenvalue weighted by atomic mass is 32.2. The van der Waals surface area contributed by atoms with Gasteiger partial charge in [-0.3, -0.25) is 9.59 Å². The van der Waals surface area contributed by atoms with Crippen molar-refractivity contribution in [1.29, 1.82) is 0 Å². The van der Waals surface area contributed by atoms with Crippen LogP contribution in [0.4, 0.5) is 15.8 Å². The second-order valence-electron chi connectivity index (χ2n) is 8.56. The van der Waals surface area contributed by atoms with Gasteiger partial charge < -0.3 is 15.0 Å². The van der Waals surface area contributed by atoms with Crippen molar-refractivity contribution in [1.82, 2.24) is 4.31 Å². The van der Waals surface area contributed by atoms with E-state index in [2.05, 4.69) is 5.32 Å². The van der Waals surface area contributed by atoms with Crippen molar-refractivity contribution in [2.24, 2.45) is 0 Å². The standard InChI is InChI=1S/C27H28FN3O5S/c1-4-30(5-2)37(34,35)23-13-8-20(9-14-23)26(32)29-22-12-15-25-24(16-22)31(27(33)18(3)36-25)17-19-6-10-21(28)11-7-19/h6-16,18H,4-5,17H2,1-3H3,(H,29,32). The largest absolute Gasteiger partial charge is 0.479 e. The van der Waals surface area contributed by atoms with Gasteiger partial charge in [0.15, 0.2) is 6.10 Å². The van der Waals surface area contributed by atoms with E-state index in [0.717, 1.165) is 5.56 Å². The predicted octanol–water partition coefficient (Wildman–Crippen LogP) is 4.42. The van der Waals surface area contributed by atoms with E-state index in [1.807, 2.05) is 0 Å². The Balaban J connectivity index is 1.55. The van der Waals surface area contributed by atoms with Gasteiger partial charge in [0.2, 0.25) is 10.0 Å². The van der Waals surface area contributed by atoms with Gasteiger partial charge in [-0.05, 0) is 67.1 Å². The SMILES string of the molecule is CCN(CC)S(=O)(=O)c1ccc(C(=O)Nc2ccc3c(c2)N(Cc2ccc(F)cc2)C(=O)C(C)O3)cc1. The number of amides is 2. The van der Waals surface area contributed by atoms with Crippen molar-refractivity contribution in [2.75, 3.05) is 23.3 Å². The smallest absolute Gasteiger partial charge is 0.268 e. The lowest BCUT2D eigenvalue weighted by atomic mass is 10.1. The van der Waals surface area contributed by atoms with Crippen LogP contribution in [0.15, 0.2) is 71.6 Å². The van der Waals surface area contributed by atoms with Gasteiger partial charge in [0.05, 0.1) is 17.1 Å². The molecule has 1 aliphatic rings. The second-order valence-corrected chi connectivity index (χ2v) is 10.5. The normalized spacial score (nSPS) is 15.3. The first kappa shape index (κ1) is 26.3. The van der Waals surface area contributed by atoms with Gasteiger partial charge in [-0.15, -0.1) is 0 Å². The van der Waals surface area contributed by atoms with Gasteiger partial charge in [-0.1, -0.05) is 26.0 Å². The van der Waals surface area contributed by atoms with Gasteiger partial charge >= 0.3 is 0 Å². The number of hydrogen-bond donors (Lipinski definition) is 1. The predicted molar refractivity (Wildman–Crippen MR) is 139 cm³/mol. The number of carbonyl (C=O) groups is 2. The fourth-order valence-electron chi connectivity index (χ4n) is 4.11. The molecule has 0 saturated carbocycles. The molecule has 10 heteroatoms. The maximum absolute atomic E-state index is 13.3. The first-order valence-electron chi connectivity index (χ1n) is 11.9. The molecule has 1 atom stereocenters. The number of carbonyl (C=O) groups excluding carboxylic acids is 2. The molecular formula is C27H28FN3O5S. The molecule has 1 aliphatic heterocycles. The molecule has 1 unspecified atom stereocenters. The van der Waals surface area contributed by atoms with Crippen molar-refractivity contribution in [3.63, 3.8) is 0 Å². The summed E-state index contributed by atoms with van der Waals surface area (Å²) in [6, 6.07) is 16.6. The zero-order valence-electron chi connectivity index (χ0n) is 20.8. The maximum atomic E-state index is 13.3. The van der Waals surface area contributed by atoms with Gasteiger partial charge in [-0.2, -0.15) is 4.31 Å². The van der Waals surface area contributed by atoms with Gasteiger partial charge in [0.1, 0.15) is 11.6 Å². The molecule has 2 amide bonds. The Morgan fingerprint density at radius 2 is 1.68 bits per heavy atom. The fraction of sp³-hybridized carbons (Fsp3) is 0.259. The summed E-state index contributed by atoms with van der Waals surface area (Å²) in [5.74, 6) is -0.578. The minimum absolute atomic E-state index is 0.114. The summed E-state index contributed by atoms with van der Waals surface area (Å²) < 4.78 is 45.8. The molecule has 3 aromatic rings. The van der Waals surface area contributed by atoms with Crippen LogP contribution in [0.25, 0.3) is 0 Å². The van der Waals surface area contributed by atoms with E-state index >= 15 is 0 Å². The van der Waals surface area contributed by atoms with E-state index in [4.69, 9.17) is 4.74 Å². The number of fused-ring (bicyclic) bond motifs is 1. The van der Waals surface area contributed by atoms with Crippen molar-refractivity contribution in [3.05, 3.63) is 83.7 Å². The van der Waals surface area contributed by atoms with Crippen molar-refractivity contribution < 1.29 is 27.1 Å². The molecule has 0 aliphatic carbocycles. The number of ether oxygens (including phenoxy) is 1. The lowest BCUT2D eigenvalue weighted by molar-refractivity contribution is -0.125. The van der Waals surface area contributed by atoms with Crippen LogP contribution in [-0.2, 0) is 21.4 Å². The van der Waals surface area contributed by atoms with Crippen molar-refractivity contribution in [2.45, 2.75) is 38.3 Å². The van der Waals surface area contributed by atoms with Gasteiger partial charge in [-0.25, -0.2) is 12.8 Å². The number of sulfonamides is 1. The first-order valence-corrected chi connectivity index (χ1v) is 13.4. The quantitative estimate of drug-likeness (QED) is 0.470. The molecule has 3 aromatic carbocycles. The summed E-state index contributed by atoms with van der Waals surface area (Å²) in [6.45, 7) is 6.09. The Labute approximate surface area is 215 Å². The topological polar surface area (TPSA) is 96.0 Å². The number of nitrogens with one attached hydrogen (secondary N) is 1. The summed E-state index contributed by atoms with van der Waals surface area (Å²) in [5.41, 5.74) is 1.92. The molecule has 194 valence electrons. The lowest BCUT2D eigenvalue weighted by Crippen LogP contribution is -2.44. The third-order valence-corrected chi connectivity index (χ3v) is 8.20. The number of benzene rings is 3. The Morgan fingerprint density at radius 3 is 2.30 bits per heavy atom. The third kappa shape index (κ3) is 5.50. The molecular weight excluding hydrogens is 497 g/mol. The zero-order valence-corrected chi connectivity index (χ0v) is 21.6. The molecule has 0 saturated heterocycles. The molecule has 0 spiro atoms. The Hall–Kier alpha value is -3.76. The highest BCUT2D eigenvalue weighted by molar-refractivity contribution is 7.89. The molecule has 0 bridgehead atoms. The monoisotopic (exact) mass is 525 g/mol. The van der Waals surface area contributed by atoms with Gasteiger partial charge in [0.25, 0.3) is 11.8 Å². The molecule has 1 heterocycles. The summed E-state index contributed by atoms with van der Waals surface area (Å²) in [7, 11) is -3.63. The number of anilines is 2. The number of halogens is 1. The zero-order chi connectivity index (χ0) is 26.7. The van der Waals surface area contributed by atoms with Crippen LogP contribution in [-0.4, -0.2) is 43.7 Å². The van der Waals surface area contributed by atoms with Crippen LogP contribution >= 0.6 is 0 Å². The lowest BCUT2D eigenvalue weighted by Gasteiger charge is -2.33. The summed E-state index contributed by atoms with van der Waals surface area (Å²) in [5, 5.41) is 2.79. The number of nitrogens with zero attached hydrogens (tertiary/aromatic N) is 2. The van der Waals surface area contributed by atoms with E-state index in [1.54, 1.807) is 56.0 Å². The number of hydrogen-bond acceptors (Lipinski definition) is 5. The fourth-order valence-corrected chi connectivity index (χ4v) is 5.57. The highest BCUT2D eigenvalue weighted by Crippen LogP contribution is 2.37. The Bertz CT molecular complexity index is 1400. The van der Waals surface area contributed by atoms with Gasteiger partial charge in [0, 0.05) is 24.3 Å². The van der Waals surface area contributed by atoms with Crippen LogP contribution in [0.1, 0.15) is 36.7 Å². The van der Waals surface area contributed by atoms with Crippen LogP contribution < -0.4 is 15.0 Å². The minimum atomic E-state index is -3.63. The van der Waals surface area contributed by atoms with E-state index in [9.17, 15) is 22.4 Å². The van der Waals surface area contributed by atoms with Crippen LogP contribution in [0, 0.1) is 5.82 Å². The molecule has 0 radical (unpaired) electrons. The summed E-state index contributed by atoms with van der Waals surface area (Å²) in [4.78, 5) is 27.5. The molecule has 1 N–H and O–H groups in total. The van der Waals surface area contributed by atoms with E-state index < -0.39 is 22.0 Å². The average molecular weight is 526 g/mol. The second kappa shape index (κ2) is 10.7. The number of rotatable bonds is 8. The minimum Gasteiger partial charge on any atom is -0.479 e. The average Bonchev–Trinajstić information content (AvgIpc) is 2.89. The Morgan fingerprint density at radius 1 is 1.03 bits per heavy atom. The van der Waals surface area contributed by atoms with E-state index in [0.29, 0.717) is 30.2 Å². The molecule has 37 heavy (non-hydrogen) atoms. The van der Waals surface area contributed by atoms with Crippen molar-refractivity contribution in [3.8, 4) is 5.75 Å². The van der Waals surface area contributed by atoms with E-state index in [-0.39, 0.29) is 28.7 Å². The molecule has 0 fully saturated rings. The molecule has 8 nitrogen and oxygen atoms in total. The Kier molecular flexibility index (Phi) is 7.60.